The summed E-state index contributed by atoms with van der Waals surface area (Å²) in [5, 5.41) is 0.689. The quantitative estimate of drug-likeness (QED) is 0.740. The van der Waals surface area contributed by atoms with Crippen LogP contribution in [0.3, 0.4) is 0 Å². The third-order valence-electron chi connectivity index (χ3n) is 1.55. The van der Waals surface area contributed by atoms with Crippen LogP contribution in [0.2, 0.25) is 10.0 Å². The zero-order chi connectivity index (χ0) is 12.9. The minimum atomic E-state index is -2.84. The first-order valence-electron chi connectivity index (χ1n) is 4.90. The Hall–Kier alpha value is 0.1000. The fraction of sp³-hybridized carbons (Fsp3) is 0.444. The molecule has 17 heavy (non-hydrogen) atoms. The van der Waals surface area contributed by atoms with Gasteiger partial charge in [0.2, 0.25) is 5.88 Å². The van der Waals surface area contributed by atoms with Crippen molar-refractivity contribution in [3.63, 3.8) is 0 Å². The molecule has 0 fully saturated rings. The van der Waals surface area contributed by atoms with Crippen molar-refractivity contribution >= 4 is 41.7 Å². The smallest absolute Gasteiger partial charge is 0.381 e. The van der Waals surface area contributed by atoms with Gasteiger partial charge in [-0.2, -0.15) is 0 Å². The van der Waals surface area contributed by atoms with Crippen molar-refractivity contribution in [1.82, 2.24) is 4.98 Å². The van der Waals surface area contributed by atoms with Crippen molar-refractivity contribution in [2.24, 2.45) is 0 Å². The molecule has 0 bridgehead atoms. The van der Waals surface area contributed by atoms with E-state index in [-0.39, 0.29) is 10.9 Å². The standard InChI is InChI=1S/C9H12Cl2NO3PS/c1-3-13-16(17,14-4-2)15-9-8(11)5-7(10)6-12-9/h5-6H,3-4H2,1-2H3. The molecule has 0 unspecified atom stereocenters. The zero-order valence-electron chi connectivity index (χ0n) is 9.35. The van der Waals surface area contributed by atoms with E-state index < -0.39 is 6.72 Å². The van der Waals surface area contributed by atoms with Gasteiger partial charge in [0.15, 0.2) is 0 Å². The fourth-order valence-corrected chi connectivity index (χ4v) is 3.47. The maximum atomic E-state index is 5.92. The first kappa shape index (κ1) is 15.2. The van der Waals surface area contributed by atoms with Gasteiger partial charge in [-0.3, -0.25) is 9.05 Å². The lowest BCUT2D eigenvalue weighted by Crippen LogP contribution is -2.03. The number of halogens is 2. The summed E-state index contributed by atoms with van der Waals surface area (Å²) in [4.78, 5) is 3.94. The summed E-state index contributed by atoms with van der Waals surface area (Å²) in [5.74, 6) is 0.168. The van der Waals surface area contributed by atoms with E-state index >= 15 is 0 Å². The highest BCUT2D eigenvalue weighted by Gasteiger charge is 2.23. The van der Waals surface area contributed by atoms with Crippen LogP contribution in [0.1, 0.15) is 13.8 Å². The Morgan fingerprint density at radius 1 is 1.29 bits per heavy atom. The summed E-state index contributed by atoms with van der Waals surface area (Å²) in [6, 6.07) is 1.52. The Morgan fingerprint density at radius 3 is 2.35 bits per heavy atom. The molecular formula is C9H12Cl2NO3PS. The van der Waals surface area contributed by atoms with Gasteiger partial charge >= 0.3 is 6.72 Å². The van der Waals surface area contributed by atoms with Gasteiger partial charge in [0.1, 0.15) is 5.02 Å². The molecule has 1 rings (SSSR count). The number of pyridine rings is 1. The van der Waals surface area contributed by atoms with Crippen LogP contribution in [-0.4, -0.2) is 18.2 Å². The second-order valence-electron chi connectivity index (χ2n) is 2.81. The predicted octanol–water partition coefficient (Wildman–Crippen LogP) is 4.06. The number of aromatic nitrogens is 1. The van der Waals surface area contributed by atoms with Crippen LogP contribution < -0.4 is 4.52 Å². The number of hydrogen-bond acceptors (Lipinski definition) is 5. The van der Waals surface area contributed by atoms with Crippen LogP contribution in [0.4, 0.5) is 0 Å². The first-order valence-corrected chi connectivity index (χ1v) is 8.21. The van der Waals surface area contributed by atoms with E-state index in [1.807, 2.05) is 0 Å². The molecule has 1 aromatic rings. The normalized spacial score (nSPS) is 11.5. The molecule has 0 aromatic carbocycles. The van der Waals surface area contributed by atoms with Crippen LogP contribution in [0.5, 0.6) is 5.88 Å². The molecule has 0 saturated heterocycles. The Morgan fingerprint density at radius 2 is 1.88 bits per heavy atom. The van der Waals surface area contributed by atoms with Crippen LogP contribution in [0.25, 0.3) is 0 Å². The zero-order valence-corrected chi connectivity index (χ0v) is 12.6. The van der Waals surface area contributed by atoms with Crippen LogP contribution in [-0.2, 0) is 20.9 Å². The monoisotopic (exact) mass is 315 g/mol. The molecule has 0 N–H and O–H groups in total. The van der Waals surface area contributed by atoms with Crippen molar-refractivity contribution in [3.05, 3.63) is 22.3 Å². The lowest BCUT2D eigenvalue weighted by molar-refractivity contribution is 0.216. The second kappa shape index (κ2) is 6.88. The average molecular weight is 316 g/mol. The van der Waals surface area contributed by atoms with E-state index in [0.717, 1.165) is 0 Å². The average Bonchev–Trinajstić information content (AvgIpc) is 2.23. The summed E-state index contributed by atoms with van der Waals surface area (Å²) in [5.41, 5.74) is 0. The first-order chi connectivity index (χ1) is 8.00. The third-order valence-corrected chi connectivity index (χ3v) is 4.43. The Bertz CT molecular complexity index is 423. The van der Waals surface area contributed by atoms with Gasteiger partial charge < -0.3 is 4.52 Å². The minimum absolute atomic E-state index is 0.168. The molecule has 0 aliphatic carbocycles. The van der Waals surface area contributed by atoms with Crippen molar-refractivity contribution in [2.75, 3.05) is 13.2 Å². The van der Waals surface area contributed by atoms with Gasteiger partial charge in [0.25, 0.3) is 0 Å². The summed E-state index contributed by atoms with van der Waals surface area (Å²) >= 11 is 16.8. The maximum Gasteiger partial charge on any atom is 0.381 e. The van der Waals surface area contributed by atoms with Crippen molar-refractivity contribution in [1.29, 1.82) is 0 Å². The van der Waals surface area contributed by atoms with Crippen molar-refractivity contribution in [2.45, 2.75) is 13.8 Å². The van der Waals surface area contributed by atoms with Crippen molar-refractivity contribution in [3.8, 4) is 5.88 Å². The summed E-state index contributed by atoms with van der Waals surface area (Å²) < 4.78 is 16.1. The van der Waals surface area contributed by atoms with E-state index in [1.54, 1.807) is 13.8 Å². The van der Waals surface area contributed by atoms with Crippen LogP contribution in [0.15, 0.2) is 12.3 Å². The van der Waals surface area contributed by atoms with E-state index in [0.29, 0.717) is 18.2 Å². The SMILES string of the molecule is CCOP(=S)(OCC)Oc1ncc(Cl)cc1Cl. The second-order valence-corrected chi connectivity index (χ2v) is 6.59. The molecular weight excluding hydrogens is 304 g/mol. The molecule has 0 saturated carbocycles. The molecule has 0 radical (unpaired) electrons. The van der Waals surface area contributed by atoms with Crippen molar-refractivity contribution < 1.29 is 13.6 Å². The molecule has 1 heterocycles. The number of hydrogen-bond donors (Lipinski definition) is 0. The van der Waals surface area contributed by atoms with Gasteiger partial charge in [-0.1, -0.05) is 23.2 Å². The van der Waals surface area contributed by atoms with Crippen LogP contribution >= 0.6 is 29.9 Å². The highest BCUT2D eigenvalue weighted by atomic mass is 35.5. The molecule has 1 aromatic heterocycles. The van der Waals surface area contributed by atoms with E-state index in [9.17, 15) is 0 Å². The van der Waals surface area contributed by atoms with Gasteiger partial charge in [-0.15, -0.1) is 0 Å². The molecule has 0 amide bonds. The highest BCUT2D eigenvalue weighted by molar-refractivity contribution is 8.07. The summed E-state index contributed by atoms with van der Waals surface area (Å²) in [6.07, 6.45) is 1.42. The Kier molecular flexibility index (Phi) is 6.13. The predicted molar refractivity (Wildman–Crippen MR) is 72.4 cm³/mol. The minimum Gasteiger partial charge on any atom is -0.404 e. The molecule has 96 valence electrons. The molecule has 0 spiro atoms. The lowest BCUT2D eigenvalue weighted by atomic mass is 10.5. The van der Waals surface area contributed by atoms with E-state index in [1.165, 1.54) is 12.3 Å². The Balaban J connectivity index is 2.89. The summed E-state index contributed by atoms with van der Waals surface area (Å²) in [7, 11) is 0. The van der Waals surface area contributed by atoms with Gasteiger partial charge in [0.05, 0.1) is 18.2 Å². The molecule has 0 aliphatic heterocycles. The topological polar surface area (TPSA) is 40.6 Å². The van der Waals surface area contributed by atoms with Gasteiger partial charge in [0, 0.05) is 18.0 Å². The molecule has 8 heteroatoms. The highest BCUT2D eigenvalue weighted by Crippen LogP contribution is 2.50. The Labute approximate surface area is 115 Å². The van der Waals surface area contributed by atoms with Gasteiger partial charge in [-0.25, -0.2) is 4.98 Å². The number of nitrogens with zero attached hydrogens (tertiary/aromatic N) is 1. The lowest BCUT2D eigenvalue weighted by Gasteiger charge is -2.20. The van der Waals surface area contributed by atoms with E-state index in [2.05, 4.69) is 4.98 Å². The molecule has 0 atom stereocenters. The fourth-order valence-electron chi connectivity index (χ4n) is 0.981. The molecule has 4 nitrogen and oxygen atoms in total. The maximum absolute atomic E-state index is 5.92. The third kappa shape index (κ3) is 4.70. The van der Waals surface area contributed by atoms with E-state index in [4.69, 9.17) is 48.6 Å². The van der Waals surface area contributed by atoms with Crippen LogP contribution in [0, 0.1) is 0 Å². The largest absolute Gasteiger partial charge is 0.404 e. The molecule has 0 aliphatic rings. The number of rotatable bonds is 6. The van der Waals surface area contributed by atoms with Gasteiger partial charge in [-0.05, 0) is 19.9 Å². The summed E-state index contributed by atoms with van der Waals surface area (Å²) in [6.45, 7) is 1.55.